The molecule has 0 unspecified atom stereocenters. The zero-order valence-electron chi connectivity index (χ0n) is 7.23. The van der Waals surface area contributed by atoms with Gasteiger partial charge in [-0.15, -0.1) is 0 Å². The molecule has 0 aliphatic heterocycles. The van der Waals surface area contributed by atoms with Crippen LogP contribution in [0.1, 0.15) is 19.3 Å². The zero-order valence-corrected chi connectivity index (χ0v) is 7.23. The molecule has 1 aliphatic carbocycles. The molecule has 0 radical (unpaired) electrons. The van der Waals surface area contributed by atoms with Crippen molar-refractivity contribution in [3.63, 3.8) is 0 Å². The molecule has 1 aliphatic rings. The molecule has 3 N–H and O–H groups in total. The highest BCUT2D eigenvalue weighted by atomic mass is 16.5. The van der Waals surface area contributed by atoms with E-state index in [2.05, 4.69) is 15.4 Å². The molecule has 2 rings (SSSR count). The predicted molar refractivity (Wildman–Crippen MR) is 48.1 cm³/mol. The number of anilines is 1. The van der Waals surface area contributed by atoms with Crippen molar-refractivity contribution in [1.82, 2.24) is 9.97 Å². The molecule has 0 saturated heterocycles. The Morgan fingerprint density at radius 2 is 2.38 bits per heavy atom. The quantitative estimate of drug-likeness (QED) is 0.529. The van der Waals surface area contributed by atoms with Crippen LogP contribution in [0.25, 0.3) is 0 Å². The van der Waals surface area contributed by atoms with Crippen LogP contribution >= 0.6 is 0 Å². The third-order valence-corrected chi connectivity index (χ3v) is 2.10. The molecule has 0 spiro atoms. The lowest BCUT2D eigenvalue weighted by Gasteiger charge is -2.25. The number of rotatable bonds is 3. The standard InChI is InChI=1S/C8H12N4O/c9-12-8-10-5-4-7(11-8)13-6-2-1-3-6/h4-6H,1-3,9H2,(H,10,11,12). The fraction of sp³-hybridized carbons (Fsp3) is 0.500. The lowest BCUT2D eigenvalue weighted by atomic mass is 9.96. The molecule has 5 nitrogen and oxygen atoms in total. The van der Waals surface area contributed by atoms with Gasteiger partial charge in [-0.05, 0) is 19.3 Å². The highest BCUT2D eigenvalue weighted by molar-refractivity contribution is 5.25. The van der Waals surface area contributed by atoms with E-state index < -0.39 is 0 Å². The van der Waals surface area contributed by atoms with Gasteiger partial charge in [-0.3, -0.25) is 5.43 Å². The number of hydrazine groups is 1. The Morgan fingerprint density at radius 1 is 1.54 bits per heavy atom. The molecular weight excluding hydrogens is 168 g/mol. The molecule has 1 aromatic rings. The fourth-order valence-electron chi connectivity index (χ4n) is 1.14. The fourth-order valence-corrected chi connectivity index (χ4v) is 1.14. The topological polar surface area (TPSA) is 73.1 Å². The second-order valence-electron chi connectivity index (χ2n) is 3.03. The molecule has 70 valence electrons. The van der Waals surface area contributed by atoms with Crippen molar-refractivity contribution in [3.8, 4) is 5.88 Å². The smallest absolute Gasteiger partial charge is 0.240 e. The van der Waals surface area contributed by atoms with E-state index in [4.69, 9.17) is 10.6 Å². The first-order valence-electron chi connectivity index (χ1n) is 4.35. The van der Waals surface area contributed by atoms with Gasteiger partial charge in [0, 0.05) is 12.3 Å². The van der Waals surface area contributed by atoms with Crippen LogP contribution in [0.5, 0.6) is 5.88 Å². The summed E-state index contributed by atoms with van der Waals surface area (Å²) in [6.07, 6.45) is 5.44. The van der Waals surface area contributed by atoms with Gasteiger partial charge in [0.25, 0.3) is 0 Å². The highest BCUT2D eigenvalue weighted by Gasteiger charge is 2.19. The molecule has 1 aromatic heterocycles. The SMILES string of the molecule is NNc1nccc(OC2CCC2)n1. The third kappa shape index (κ3) is 1.86. The normalized spacial score (nSPS) is 16.4. The lowest BCUT2D eigenvalue weighted by Crippen LogP contribution is -2.25. The van der Waals surface area contributed by atoms with Crippen LogP contribution < -0.4 is 16.0 Å². The van der Waals surface area contributed by atoms with E-state index >= 15 is 0 Å². The van der Waals surface area contributed by atoms with Gasteiger partial charge >= 0.3 is 0 Å². The van der Waals surface area contributed by atoms with Crippen molar-refractivity contribution in [1.29, 1.82) is 0 Å². The molecule has 5 heteroatoms. The molecule has 0 amide bonds. The Balaban J connectivity index is 2.01. The Kier molecular flexibility index (Phi) is 2.27. The Morgan fingerprint density at radius 3 is 3.00 bits per heavy atom. The van der Waals surface area contributed by atoms with Crippen molar-refractivity contribution in [3.05, 3.63) is 12.3 Å². The molecule has 0 atom stereocenters. The minimum Gasteiger partial charge on any atom is -0.474 e. The van der Waals surface area contributed by atoms with Crippen LogP contribution in [0.4, 0.5) is 5.95 Å². The minimum absolute atomic E-state index is 0.334. The number of aromatic nitrogens is 2. The number of nitrogens with two attached hydrogens (primary N) is 1. The maximum Gasteiger partial charge on any atom is 0.240 e. The van der Waals surface area contributed by atoms with Crippen LogP contribution in [0.15, 0.2) is 12.3 Å². The second kappa shape index (κ2) is 3.57. The number of hydrogen-bond donors (Lipinski definition) is 2. The average Bonchev–Trinajstić information content (AvgIpc) is 2.12. The summed E-state index contributed by atoms with van der Waals surface area (Å²) < 4.78 is 5.55. The second-order valence-corrected chi connectivity index (χ2v) is 3.03. The zero-order chi connectivity index (χ0) is 9.10. The van der Waals surface area contributed by atoms with E-state index in [0.29, 0.717) is 17.9 Å². The summed E-state index contributed by atoms with van der Waals surface area (Å²) in [4.78, 5) is 7.93. The van der Waals surface area contributed by atoms with Crippen molar-refractivity contribution < 1.29 is 4.74 Å². The van der Waals surface area contributed by atoms with Crippen molar-refractivity contribution in [2.45, 2.75) is 25.4 Å². The first-order chi connectivity index (χ1) is 6.38. The van der Waals surface area contributed by atoms with Gasteiger partial charge in [0.1, 0.15) is 6.10 Å². The molecule has 0 aromatic carbocycles. The van der Waals surface area contributed by atoms with Gasteiger partial charge in [0.05, 0.1) is 0 Å². The summed E-state index contributed by atoms with van der Waals surface area (Å²) in [5.74, 6) is 6.14. The Labute approximate surface area is 76.3 Å². The van der Waals surface area contributed by atoms with Gasteiger partial charge in [-0.25, -0.2) is 10.8 Å². The number of nitrogens with one attached hydrogen (secondary N) is 1. The van der Waals surface area contributed by atoms with Crippen molar-refractivity contribution >= 4 is 5.95 Å². The van der Waals surface area contributed by atoms with Crippen molar-refractivity contribution in [2.75, 3.05) is 5.43 Å². The van der Waals surface area contributed by atoms with Crippen LogP contribution in [0.2, 0.25) is 0 Å². The number of ether oxygens (including phenoxy) is 1. The predicted octanol–water partition coefficient (Wildman–Crippen LogP) is 0.693. The number of nitrogens with zero attached hydrogens (tertiary/aromatic N) is 2. The number of hydrogen-bond acceptors (Lipinski definition) is 5. The molecular formula is C8H12N4O. The minimum atomic E-state index is 0.334. The summed E-state index contributed by atoms with van der Waals surface area (Å²) in [5, 5.41) is 0. The lowest BCUT2D eigenvalue weighted by molar-refractivity contribution is 0.114. The van der Waals surface area contributed by atoms with Gasteiger partial charge in [0.2, 0.25) is 11.8 Å². The highest BCUT2D eigenvalue weighted by Crippen LogP contribution is 2.23. The average molecular weight is 180 g/mol. The Hall–Kier alpha value is -1.36. The van der Waals surface area contributed by atoms with Crippen molar-refractivity contribution in [2.24, 2.45) is 5.84 Å². The van der Waals surface area contributed by atoms with Gasteiger partial charge < -0.3 is 4.74 Å². The number of nitrogen functional groups attached to an aromatic ring is 1. The van der Waals surface area contributed by atoms with Gasteiger partial charge in [-0.2, -0.15) is 4.98 Å². The Bertz CT molecular complexity index is 287. The van der Waals surface area contributed by atoms with E-state index in [-0.39, 0.29) is 0 Å². The largest absolute Gasteiger partial charge is 0.474 e. The van der Waals surface area contributed by atoms with E-state index in [1.165, 1.54) is 6.42 Å². The first-order valence-corrected chi connectivity index (χ1v) is 4.35. The maximum atomic E-state index is 5.55. The maximum absolute atomic E-state index is 5.55. The summed E-state index contributed by atoms with van der Waals surface area (Å²) in [6, 6.07) is 1.74. The van der Waals surface area contributed by atoms with E-state index in [9.17, 15) is 0 Å². The van der Waals surface area contributed by atoms with Crippen LogP contribution in [-0.2, 0) is 0 Å². The molecule has 1 heterocycles. The van der Waals surface area contributed by atoms with Gasteiger partial charge in [-0.1, -0.05) is 0 Å². The molecule has 1 saturated carbocycles. The first kappa shape index (κ1) is 8.25. The monoisotopic (exact) mass is 180 g/mol. The molecule has 13 heavy (non-hydrogen) atoms. The van der Waals surface area contributed by atoms with Crippen LogP contribution in [-0.4, -0.2) is 16.1 Å². The van der Waals surface area contributed by atoms with Crippen LogP contribution in [0.3, 0.4) is 0 Å². The third-order valence-electron chi connectivity index (χ3n) is 2.10. The summed E-state index contributed by atoms with van der Waals surface area (Å²) in [7, 11) is 0. The summed E-state index contributed by atoms with van der Waals surface area (Å²) in [6.45, 7) is 0. The molecule has 1 fully saturated rings. The van der Waals surface area contributed by atoms with E-state index in [1.807, 2.05) is 0 Å². The van der Waals surface area contributed by atoms with E-state index in [0.717, 1.165) is 12.8 Å². The summed E-state index contributed by atoms with van der Waals surface area (Å²) in [5.41, 5.74) is 2.37. The van der Waals surface area contributed by atoms with E-state index in [1.54, 1.807) is 12.3 Å². The molecule has 0 bridgehead atoms. The summed E-state index contributed by atoms with van der Waals surface area (Å²) >= 11 is 0. The van der Waals surface area contributed by atoms with Crippen LogP contribution in [0, 0.1) is 0 Å². The van der Waals surface area contributed by atoms with Gasteiger partial charge in [0.15, 0.2) is 0 Å².